The van der Waals surface area contributed by atoms with E-state index in [1.807, 2.05) is 78.9 Å². The number of alkyl carbamates (subject to hydrolysis) is 1. The molecule has 10 heteroatoms. The molecule has 0 saturated heterocycles. The van der Waals surface area contributed by atoms with Crippen LogP contribution in [0.2, 0.25) is 0 Å². The third kappa shape index (κ3) is 7.16. The highest BCUT2D eigenvalue weighted by Crippen LogP contribution is 2.44. The largest absolute Gasteiger partial charge is 0.480 e. The summed E-state index contributed by atoms with van der Waals surface area (Å²) in [6.45, 7) is 0.376. The lowest BCUT2D eigenvalue weighted by Crippen LogP contribution is -2.52. The predicted molar refractivity (Wildman–Crippen MR) is 151 cm³/mol. The first kappa shape index (κ1) is 28.2. The maximum Gasteiger partial charge on any atom is 0.407 e. The Hall–Kier alpha value is -4.86. The fourth-order valence-electron chi connectivity index (χ4n) is 4.90. The van der Waals surface area contributed by atoms with Crippen LogP contribution in [0.25, 0.3) is 11.1 Å². The molecule has 0 saturated carbocycles. The Kier molecular flexibility index (Phi) is 9.35. The standard InChI is InChI=1S/C30H33N5O5/c31-29(32)33-16-8-15-25(28(37)38)34-27(36)26(17-19-9-2-1-3-10-19)35-30(39)40-18-24-22-13-6-4-11-20(22)21-12-5-7-14-23(21)24/h1-7,9-14,24-26H,8,15-18H2,(H,34,36)(H,35,39)(H,37,38)(H4,31,32,33)/t25-,26+/m0/s1. The van der Waals surface area contributed by atoms with Crippen LogP contribution < -0.4 is 21.7 Å². The molecule has 0 radical (unpaired) electrons. The van der Waals surface area contributed by atoms with Gasteiger partial charge in [0.05, 0.1) is 0 Å². The van der Waals surface area contributed by atoms with E-state index in [4.69, 9.17) is 15.9 Å². The summed E-state index contributed by atoms with van der Waals surface area (Å²) in [5.41, 5.74) is 10.4. The van der Waals surface area contributed by atoms with Gasteiger partial charge in [-0.1, -0.05) is 78.9 Å². The number of amides is 2. The zero-order chi connectivity index (χ0) is 28.5. The van der Waals surface area contributed by atoms with Crippen molar-refractivity contribution in [1.29, 1.82) is 5.41 Å². The number of nitrogens with one attached hydrogen (secondary N) is 4. The van der Waals surface area contributed by atoms with Gasteiger partial charge in [-0.25, -0.2) is 9.59 Å². The molecule has 1 aliphatic carbocycles. The summed E-state index contributed by atoms with van der Waals surface area (Å²) >= 11 is 0. The molecule has 0 aliphatic heterocycles. The van der Waals surface area contributed by atoms with Gasteiger partial charge in [-0.05, 0) is 40.7 Å². The lowest BCUT2D eigenvalue weighted by Gasteiger charge is -2.22. The van der Waals surface area contributed by atoms with E-state index in [2.05, 4.69) is 16.0 Å². The monoisotopic (exact) mass is 543 g/mol. The van der Waals surface area contributed by atoms with Crippen LogP contribution in [0.4, 0.5) is 4.79 Å². The minimum atomic E-state index is -1.20. The number of ether oxygens (including phenoxy) is 1. The van der Waals surface area contributed by atoms with Gasteiger partial charge in [0.1, 0.15) is 18.7 Å². The third-order valence-electron chi connectivity index (χ3n) is 6.83. The average Bonchev–Trinajstić information content (AvgIpc) is 3.27. The SMILES string of the molecule is N=C(N)NCCC[C@H](NC(=O)[C@@H](Cc1ccccc1)NC(=O)OCC1c2ccccc2-c2ccccc21)C(=O)O. The number of nitrogens with two attached hydrogens (primary N) is 1. The van der Waals surface area contributed by atoms with Crippen molar-refractivity contribution in [1.82, 2.24) is 16.0 Å². The van der Waals surface area contributed by atoms with Crippen molar-refractivity contribution >= 4 is 23.9 Å². The molecule has 0 heterocycles. The van der Waals surface area contributed by atoms with E-state index in [9.17, 15) is 19.5 Å². The van der Waals surface area contributed by atoms with Crippen LogP contribution in [0, 0.1) is 5.41 Å². The molecule has 3 aromatic carbocycles. The summed E-state index contributed by atoms with van der Waals surface area (Å²) in [5, 5.41) is 24.6. The van der Waals surface area contributed by atoms with Gasteiger partial charge in [0.2, 0.25) is 5.91 Å². The van der Waals surface area contributed by atoms with Crippen LogP contribution in [-0.2, 0) is 20.7 Å². The number of fused-ring (bicyclic) bond motifs is 3. The van der Waals surface area contributed by atoms with Crippen LogP contribution >= 0.6 is 0 Å². The summed E-state index contributed by atoms with van der Waals surface area (Å²) in [6.07, 6.45) is -0.144. The Labute approximate surface area is 232 Å². The van der Waals surface area contributed by atoms with Gasteiger partial charge in [-0.3, -0.25) is 10.2 Å². The topological polar surface area (TPSA) is 167 Å². The molecule has 0 fully saturated rings. The van der Waals surface area contributed by atoms with Crippen molar-refractivity contribution in [2.75, 3.05) is 13.2 Å². The van der Waals surface area contributed by atoms with E-state index in [-0.39, 0.29) is 31.3 Å². The molecule has 4 rings (SSSR count). The summed E-state index contributed by atoms with van der Waals surface area (Å²) in [4.78, 5) is 38.0. The van der Waals surface area contributed by atoms with Gasteiger partial charge in [-0.2, -0.15) is 0 Å². The molecule has 0 unspecified atom stereocenters. The lowest BCUT2D eigenvalue weighted by molar-refractivity contribution is -0.142. The van der Waals surface area contributed by atoms with Crippen molar-refractivity contribution in [3.63, 3.8) is 0 Å². The van der Waals surface area contributed by atoms with E-state index in [1.54, 1.807) is 0 Å². The molecule has 2 atom stereocenters. The number of guanidine groups is 1. The van der Waals surface area contributed by atoms with Crippen molar-refractivity contribution in [2.24, 2.45) is 5.73 Å². The zero-order valence-electron chi connectivity index (χ0n) is 21.9. The Morgan fingerprint density at radius 3 is 2.08 bits per heavy atom. The van der Waals surface area contributed by atoms with Crippen LogP contribution in [0.1, 0.15) is 35.4 Å². The van der Waals surface area contributed by atoms with Crippen molar-refractivity contribution in [2.45, 2.75) is 37.3 Å². The number of carboxylic acids is 1. The van der Waals surface area contributed by atoms with Crippen LogP contribution in [0.5, 0.6) is 0 Å². The third-order valence-corrected chi connectivity index (χ3v) is 6.83. The number of carbonyl (C=O) groups excluding carboxylic acids is 2. The summed E-state index contributed by atoms with van der Waals surface area (Å²) in [7, 11) is 0. The summed E-state index contributed by atoms with van der Waals surface area (Å²) in [6, 6.07) is 22.9. The molecule has 10 nitrogen and oxygen atoms in total. The molecule has 208 valence electrons. The Morgan fingerprint density at radius 1 is 0.875 bits per heavy atom. The Morgan fingerprint density at radius 2 is 1.48 bits per heavy atom. The van der Waals surface area contributed by atoms with E-state index in [0.29, 0.717) is 13.0 Å². The van der Waals surface area contributed by atoms with Gasteiger partial charge >= 0.3 is 12.1 Å². The number of aliphatic carboxylic acids is 1. The minimum Gasteiger partial charge on any atom is -0.480 e. The normalized spacial score (nSPS) is 13.3. The first-order chi connectivity index (χ1) is 19.3. The van der Waals surface area contributed by atoms with Crippen molar-refractivity contribution in [3.8, 4) is 11.1 Å². The number of rotatable bonds is 12. The summed E-state index contributed by atoms with van der Waals surface area (Å²) < 4.78 is 5.63. The molecular weight excluding hydrogens is 510 g/mol. The van der Waals surface area contributed by atoms with Gasteiger partial charge in [0.15, 0.2) is 5.96 Å². The molecule has 3 aromatic rings. The van der Waals surface area contributed by atoms with E-state index in [0.717, 1.165) is 27.8 Å². The second kappa shape index (κ2) is 13.3. The smallest absolute Gasteiger partial charge is 0.407 e. The maximum absolute atomic E-state index is 13.2. The first-order valence-electron chi connectivity index (χ1n) is 13.1. The summed E-state index contributed by atoms with van der Waals surface area (Å²) in [5.74, 6) is -2.19. The fraction of sp³-hybridized carbons (Fsp3) is 0.267. The lowest BCUT2D eigenvalue weighted by atomic mass is 9.98. The number of hydrogen-bond acceptors (Lipinski definition) is 5. The highest BCUT2D eigenvalue weighted by molar-refractivity contribution is 5.89. The van der Waals surface area contributed by atoms with Crippen LogP contribution in [-0.4, -0.2) is 54.3 Å². The Balaban J connectivity index is 1.42. The van der Waals surface area contributed by atoms with Gasteiger partial charge in [0.25, 0.3) is 0 Å². The van der Waals surface area contributed by atoms with E-state index in [1.165, 1.54) is 0 Å². The van der Waals surface area contributed by atoms with Gasteiger partial charge < -0.3 is 31.5 Å². The second-order valence-corrected chi connectivity index (χ2v) is 9.59. The van der Waals surface area contributed by atoms with E-state index < -0.39 is 30.1 Å². The molecule has 0 aromatic heterocycles. The Bertz CT molecular complexity index is 1320. The fourth-order valence-corrected chi connectivity index (χ4v) is 4.90. The van der Waals surface area contributed by atoms with Gasteiger partial charge in [0, 0.05) is 18.9 Å². The second-order valence-electron chi connectivity index (χ2n) is 9.59. The van der Waals surface area contributed by atoms with Crippen LogP contribution in [0.15, 0.2) is 78.9 Å². The average molecular weight is 544 g/mol. The van der Waals surface area contributed by atoms with Crippen LogP contribution in [0.3, 0.4) is 0 Å². The molecule has 40 heavy (non-hydrogen) atoms. The molecule has 2 amide bonds. The highest BCUT2D eigenvalue weighted by Gasteiger charge is 2.31. The molecule has 1 aliphatic rings. The van der Waals surface area contributed by atoms with Crippen molar-refractivity contribution in [3.05, 3.63) is 95.6 Å². The molecule has 0 spiro atoms. The molecular formula is C30H33N5O5. The molecule has 0 bridgehead atoms. The number of hydrogen-bond donors (Lipinski definition) is 6. The molecule has 7 N–H and O–H groups in total. The minimum absolute atomic E-state index is 0.0838. The predicted octanol–water partition coefficient (Wildman–Crippen LogP) is 2.97. The van der Waals surface area contributed by atoms with Crippen molar-refractivity contribution < 1.29 is 24.2 Å². The highest BCUT2D eigenvalue weighted by atomic mass is 16.5. The maximum atomic E-state index is 13.2. The quantitative estimate of drug-likeness (QED) is 0.116. The zero-order valence-corrected chi connectivity index (χ0v) is 21.9. The number of carboxylic acid groups (broad SMARTS) is 1. The van der Waals surface area contributed by atoms with E-state index >= 15 is 0 Å². The number of carbonyl (C=O) groups is 3. The van der Waals surface area contributed by atoms with Gasteiger partial charge in [-0.15, -0.1) is 0 Å². The first-order valence-corrected chi connectivity index (χ1v) is 13.1. The number of benzene rings is 3.